The summed E-state index contributed by atoms with van der Waals surface area (Å²) in [6.07, 6.45) is 9.03. The SMILES string of the molecule is CCCCCN(C(C)C)C1CCCCCC1C(=O)O. The molecule has 1 saturated carbocycles. The lowest BCUT2D eigenvalue weighted by Crippen LogP contribution is -2.47. The molecule has 112 valence electrons. The number of hydrogen-bond donors (Lipinski definition) is 1. The number of unbranched alkanes of at least 4 members (excludes halogenated alkanes) is 2. The first-order valence-corrected chi connectivity index (χ1v) is 8.06. The molecular weight excluding hydrogens is 238 g/mol. The van der Waals surface area contributed by atoms with Gasteiger partial charge in [0.2, 0.25) is 0 Å². The lowest BCUT2D eigenvalue weighted by Gasteiger charge is -2.37. The Morgan fingerprint density at radius 2 is 1.89 bits per heavy atom. The summed E-state index contributed by atoms with van der Waals surface area (Å²) in [4.78, 5) is 14.0. The fraction of sp³-hybridized carbons (Fsp3) is 0.938. The highest BCUT2D eigenvalue weighted by atomic mass is 16.4. The van der Waals surface area contributed by atoms with Crippen LogP contribution in [0.5, 0.6) is 0 Å². The lowest BCUT2D eigenvalue weighted by atomic mass is 9.92. The third-order valence-corrected chi connectivity index (χ3v) is 4.41. The van der Waals surface area contributed by atoms with Crippen molar-refractivity contribution in [3.63, 3.8) is 0 Å². The van der Waals surface area contributed by atoms with Crippen LogP contribution in [-0.4, -0.2) is 34.6 Å². The second kappa shape index (κ2) is 8.57. The molecule has 1 fully saturated rings. The van der Waals surface area contributed by atoms with Crippen LogP contribution in [0, 0.1) is 5.92 Å². The van der Waals surface area contributed by atoms with Crippen molar-refractivity contribution in [1.82, 2.24) is 4.90 Å². The molecule has 2 atom stereocenters. The Morgan fingerprint density at radius 3 is 2.47 bits per heavy atom. The van der Waals surface area contributed by atoms with E-state index in [4.69, 9.17) is 0 Å². The van der Waals surface area contributed by atoms with Gasteiger partial charge >= 0.3 is 5.97 Å². The summed E-state index contributed by atoms with van der Waals surface area (Å²) in [6.45, 7) is 7.68. The summed E-state index contributed by atoms with van der Waals surface area (Å²) in [5.74, 6) is -0.750. The topological polar surface area (TPSA) is 40.5 Å². The molecule has 1 aliphatic carbocycles. The van der Waals surface area contributed by atoms with Gasteiger partial charge in [-0.25, -0.2) is 0 Å². The Kier molecular flexibility index (Phi) is 7.44. The molecule has 0 spiro atoms. The monoisotopic (exact) mass is 269 g/mol. The van der Waals surface area contributed by atoms with E-state index in [0.717, 1.165) is 25.8 Å². The van der Waals surface area contributed by atoms with Crippen LogP contribution in [0.15, 0.2) is 0 Å². The van der Waals surface area contributed by atoms with E-state index in [0.29, 0.717) is 6.04 Å². The number of carbonyl (C=O) groups is 1. The fourth-order valence-electron chi connectivity index (χ4n) is 3.32. The van der Waals surface area contributed by atoms with Crippen molar-refractivity contribution in [3.8, 4) is 0 Å². The molecule has 1 N–H and O–H groups in total. The minimum absolute atomic E-state index is 0.161. The summed E-state index contributed by atoms with van der Waals surface area (Å²) in [5, 5.41) is 9.51. The maximum absolute atomic E-state index is 11.5. The minimum atomic E-state index is -0.590. The molecule has 0 aromatic heterocycles. The third-order valence-electron chi connectivity index (χ3n) is 4.41. The summed E-state index contributed by atoms with van der Waals surface area (Å²) in [6, 6.07) is 0.693. The van der Waals surface area contributed by atoms with Gasteiger partial charge in [-0.1, -0.05) is 39.0 Å². The zero-order chi connectivity index (χ0) is 14.3. The van der Waals surface area contributed by atoms with E-state index in [-0.39, 0.29) is 12.0 Å². The lowest BCUT2D eigenvalue weighted by molar-refractivity contribution is -0.145. The van der Waals surface area contributed by atoms with Gasteiger partial charge in [-0.2, -0.15) is 0 Å². The summed E-state index contributed by atoms with van der Waals surface area (Å²) in [7, 11) is 0. The molecular formula is C16H31NO2. The van der Waals surface area contributed by atoms with Gasteiger partial charge in [0, 0.05) is 12.1 Å². The Bertz CT molecular complexity index is 265. The Balaban J connectivity index is 2.73. The maximum Gasteiger partial charge on any atom is 0.308 e. The predicted molar refractivity (Wildman–Crippen MR) is 79.4 cm³/mol. The molecule has 1 aliphatic rings. The van der Waals surface area contributed by atoms with Crippen LogP contribution < -0.4 is 0 Å². The summed E-state index contributed by atoms with van der Waals surface area (Å²) < 4.78 is 0. The predicted octanol–water partition coefficient (Wildman–Crippen LogP) is 3.92. The smallest absolute Gasteiger partial charge is 0.308 e. The van der Waals surface area contributed by atoms with Crippen molar-refractivity contribution in [3.05, 3.63) is 0 Å². The average molecular weight is 269 g/mol. The standard InChI is InChI=1S/C16H31NO2/c1-4-5-9-12-17(13(2)3)15-11-8-6-7-10-14(15)16(18)19/h13-15H,4-12H2,1-3H3,(H,18,19). The highest BCUT2D eigenvalue weighted by Crippen LogP contribution is 2.29. The van der Waals surface area contributed by atoms with Crippen LogP contribution in [0.1, 0.15) is 72.1 Å². The van der Waals surface area contributed by atoms with Crippen molar-refractivity contribution in [2.45, 2.75) is 84.2 Å². The van der Waals surface area contributed by atoms with Gasteiger partial charge in [0.25, 0.3) is 0 Å². The van der Waals surface area contributed by atoms with Crippen LogP contribution in [0.4, 0.5) is 0 Å². The Hall–Kier alpha value is -0.570. The van der Waals surface area contributed by atoms with Gasteiger partial charge < -0.3 is 5.11 Å². The zero-order valence-electron chi connectivity index (χ0n) is 12.9. The number of nitrogens with zero attached hydrogens (tertiary/aromatic N) is 1. The number of rotatable bonds is 7. The minimum Gasteiger partial charge on any atom is -0.481 e. The van der Waals surface area contributed by atoms with E-state index in [2.05, 4.69) is 25.7 Å². The Labute approximate surface area is 118 Å². The number of carboxylic acids is 1. The molecule has 1 rings (SSSR count). The van der Waals surface area contributed by atoms with E-state index in [1.54, 1.807) is 0 Å². The fourth-order valence-corrected chi connectivity index (χ4v) is 3.32. The largest absolute Gasteiger partial charge is 0.481 e. The quantitative estimate of drug-likeness (QED) is 0.562. The second-order valence-electron chi connectivity index (χ2n) is 6.19. The van der Waals surface area contributed by atoms with Crippen molar-refractivity contribution in [2.75, 3.05) is 6.54 Å². The molecule has 0 aromatic carbocycles. The van der Waals surface area contributed by atoms with Gasteiger partial charge in [0.05, 0.1) is 5.92 Å². The molecule has 3 heteroatoms. The number of hydrogen-bond acceptors (Lipinski definition) is 2. The molecule has 0 radical (unpaired) electrons. The molecule has 3 nitrogen and oxygen atoms in total. The second-order valence-corrected chi connectivity index (χ2v) is 6.19. The summed E-state index contributed by atoms with van der Waals surface area (Å²) in [5.41, 5.74) is 0. The first-order valence-electron chi connectivity index (χ1n) is 8.06. The zero-order valence-corrected chi connectivity index (χ0v) is 12.9. The van der Waals surface area contributed by atoms with Crippen LogP contribution in [0.3, 0.4) is 0 Å². The molecule has 2 unspecified atom stereocenters. The summed E-state index contributed by atoms with van der Waals surface area (Å²) >= 11 is 0. The van der Waals surface area contributed by atoms with Crippen molar-refractivity contribution < 1.29 is 9.90 Å². The molecule has 19 heavy (non-hydrogen) atoms. The van der Waals surface area contributed by atoms with E-state index < -0.39 is 5.97 Å². The average Bonchev–Trinajstić information content (AvgIpc) is 2.59. The van der Waals surface area contributed by atoms with Gasteiger partial charge in [-0.05, 0) is 39.7 Å². The van der Waals surface area contributed by atoms with E-state index in [1.165, 1.54) is 32.1 Å². The normalized spacial score (nSPS) is 24.7. The van der Waals surface area contributed by atoms with E-state index in [9.17, 15) is 9.90 Å². The van der Waals surface area contributed by atoms with Crippen LogP contribution in [-0.2, 0) is 4.79 Å². The van der Waals surface area contributed by atoms with Crippen LogP contribution >= 0.6 is 0 Å². The van der Waals surface area contributed by atoms with Gasteiger partial charge in [-0.3, -0.25) is 9.69 Å². The van der Waals surface area contributed by atoms with E-state index >= 15 is 0 Å². The van der Waals surface area contributed by atoms with Gasteiger partial charge in [0.1, 0.15) is 0 Å². The molecule has 0 amide bonds. The highest BCUT2D eigenvalue weighted by Gasteiger charge is 2.34. The van der Waals surface area contributed by atoms with Gasteiger partial charge in [0.15, 0.2) is 0 Å². The molecule has 0 bridgehead atoms. The van der Waals surface area contributed by atoms with Gasteiger partial charge in [-0.15, -0.1) is 0 Å². The first-order chi connectivity index (χ1) is 9.07. The molecule has 0 saturated heterocycles. The van der Waals surface area contributed by atoms with Crippen molar-refractivity contribution in [1.29, 1.82) is 0 Å². The van der Waals surface area contributed by atoms with Crippen molar-refractivity contribution >= 4 is 5.97 Å². The van der Waals surface area contributed by atoms with Crippen LogP contribution in [0.2, 0.25) is 0 Å². The number of aliphatic carboxylic acids is 1. The molecule has 0 aromatic rings. The Morgan fingerprint density at radius 1 is 1.21 bits per heavy atom. The third kappa shape index (κ3) is 5.13. The number of carboxylic acid groups (broad SMARTS) is 1. The molecule has 0 aliphatic heterocycles. The van der Waals surface area contributed by atoms with Crippen LogP contribution in [0.25, 0.3) is 0 Å². The highest BCUT2D eigenvalue weighted by molar-refractivity contribution is 5.70. The molecule has 0 heterocycles. The first kappa shape index (κ1) is 16.5. The maximum atomic E-state index is 11.5. The van der Waals surface area contributed by atoms with E-state index in [1.807, 2.05) is 0 Å². The van der Waals surface area contributed by atoms with Crippen molar-refractivity contribution in [2.24, 2.45) is 5.92 Å².